The number of nitrogens with one attached hydrogen (secondary N) is 3. The van der Waals surface area contributed by atoms with E-state index in [4.69, 9.17) is 4.74 Å². The largest absolute Gasteiger partial charge is 0.483 e. The van der Waals surface area contributed by atoms with Gasteiger partial charge in [0.2, 0.25) is 11.8 Å². The van der Waals surface area contributed by atoms with Crippen molar-refractivity contribution in [3.63, 3.8) is 0 Å². The number of carbonyl (C=O) groups is 6. The minimum absolute atomic E-state index is 0.00569. The maximum atomic E-state index is 17.4. The third-order valence-electron chi connectivity index (χ3n) is 13.7. The van der Waals surface area contributed by atoms with Gasteiger partial charge in [0.25, 0.3) is 23.6 Å². The van der Waals surface area contributed by atoms with Crippen LogP contribution in [0.2, 0.25) is 0 Å². The van der Waals surface area contributed by atoms with Gasteiger partial charge in [0.05, 0.1) is 23.3 Å². The molecule has 7 rings (SSSR count). The number of benzene rings is 1. The van der Waals surface area contributed by atoms with Crippen LogP contribution in [0.3, 0.4) is 0 Å². The van der Waals surface area contributed by atoms with Gasteiger partial charge in [-0.25, -0.2) is 4.39 Å². The van der Waals surface area contributed by atoms with Crippen molar-refractivity contribution in [3.05, 3.63) is 53.1 Å². The molecule has 15 heteroatoms. The summed E-state index contributed by atoms with van der Waals surface area (Å²) in [6.45, 7) is 5.34. The molecule has 6 aliphatic rings. The highest BCUT2D eigenvalue weighted by Crippen LogP contribution is 2.70. The summed E-state index contributed by atoms with van der Waals surface area (Å²) in [6, 6.07) is 3.23. The number of aliphatic hydroxyl groups excluding tert-OH is 2. The van der Waals surface area contributed by atoms with Crippen LogP contribution in [0.1, 0.15) is 92.9 Å². The second-order valence-corrected chi connectivity index (χ2v) is 16.5. The number of ether oxygens (including phenoxy) is 1. The van der Waals surface area contributed by atoms with Crippen molar-refractivity contribution in [1.29, 1.82) is 0 Å². The van der Waals surface area contributed by atoms with Gasteiger partial charge in [-0.3, -0.25) is 39.0 Å². The lowest BCUT2D eigenvalue weighted by Gasteiger charge is -2.62. The van der Waals surface area contributed by atoms with Gasteiger partial charge < -0.3 is 30.7 Å². The van der Waals surface area contributed by atoms with Gasteiger partial charge in [-0.2, -0.15) is 0 Å². The number of carbonyl (C=O) groups excluding carboxylic acids is 6. The van der Waals surface area contributed by atoms with E-state index in [0.717, 1.165) is 10.5 Å². The fourth-order valence-electron chi connectivity index (χ4n) is 10.8. The SMILES string of the molecule is C[C@H]1C[C@H]2[C@@H]3CCC4=CC(O)C=C[C@]4(C)[C@@]3(F)[C@@H](O)C[C@]2(C)C1(O)C(=O)NCCCCNC(=O)COc1cccc2c1C(=O)N(C1CCC(=O)NC1=O)C2=O. The first-order valence-electron chi connectivity index (χ1n) is 19.2. The zero-order valence-corrected chi connectivity index (χ0v) is 31.2. The normalized spacial score (nSPS) is 37.7. The molecule has 0 radical (unpaired) electrons. The molecule has 14 nitrogen and oxygen atoms in total. The van der Waals surface area contributed by atoms with Gasteiger partial charge in [-0.15, -0.1) is 0 Å². The number of imide groups is 2. The van der Waals surface area contributed by atoms with Gasteiger partial charge in [-0.1, -0.05) is 43.7 Å². The maximum Gasteiger partial charge on any atom is 0.266 e. The number of aliphatic hydroxyl groups is 3. The molecule has 10 atom stereocenters. The highest BCUT2D eigenvalue weighted by molar-refractivity contribution is 6.24. The highest BCUT2D eigenvalue weighted by Gasteiger charge is 2.75. The second-order valence-electron chi connectivity index (χ2n) is 16.5. The van der Waals surface area contributed by atoms with Crippen LogP contribution in [-0.2, 0) is 19.2 Å². The number of nitrogens with zero attached hydrogens (tertiary/aromatic N) is 1. The quantitative estimate of drug-likeness (QED) is 0.115. The summed E-state index contributed by atoms with van der Waals surface area (Å²) in [6.07, 6.45) is 4.89. The summed E-state index contributed by atoms with van der Waals surface area (Å²) < 4.78 is 23.1. The summed E-state index contributed by atoms with van der Waals surface area (Å²) in [5.41, 5.74) is -5.32. The van der Waals surface area contributed by atoms with Crippen molar-refractivity contribution in [2.24, 2.45) is 28.6 Å². The molecule has 0 aromatic heterocycles. The summed E-state index contributed by atoms with van der Waals surface area (Å²) in [4.78, 5) is 77.5. The third kappa shape index (κ3) is 5.83. The van der Waals surface area contributed by atoms with Crippen molar-refractivity contribution in [2.75, 3.05) is 19.7 Å². The van der Waals surface area contributed by atoms with Crippen molar-refractivity contribution >= 4 is 35.4 Å². The molecule has 296 valence electrons. The molecular weight excluding hydrogens is 715 g/mol. The smallest absolute Gasteiger partial charge is 0.266 e. The standard InChI is InChI=1S/C40H49FN4O10/c1-21-17-26-25-10-9-22-18-23(46)13-14-37(22,2)39(25,41)29(47)19-38(26,3)40(21,54)36(53)43-16-5-4-15-42-31(49)20-55-28-8-6-7-24-32(28)35(52)45(34(24)51)27-11-12-30(48)44-33(27)50/h6-8,13-14,18,21,23,25-27,29,46-47,54H,4-5,9-12,15-17,19-20H2,1-3H3,(H,42,49)(H,43,53)(H,44,48,50)/t21-,23?,25-,26-,27?,29-,37-,38-,39-,40?/m0/s1. The molecule has 0 spiro atoms. The molecule has 3 saturated carbocycles. The number of unbranched alkanes of at least 4 members (excludes halogenated alkanes) is 1. The molecule has 1 saturated heterocycles. The number of hydrogen-bond acceptors (Lipinski definition) is 10. The van der Waals surface area contributed by atoms with Gasteiger partial charge in [0.1, 0.15) is 11.8 Å². The minimum atomic E-state index is -2.02. The topological polar surface area (TPSA) is 212 Å². The third-order valence-corrected chi connectivity index (χ3v) is 13.7. The summed E-state index contributed by atoms with van der Waals surface area (Å²) in [5.74, 6) is -5.16. The number of allylic oxidation sites excluding steroid dienone is 2. The lowest BCUT2D eigenvalue weighted by atomic mass is 9.44. The van der Waals surface area contributed by atoms with Crippen LogP contribution in [0, 0.1) is 28.6 Å². The van der Waals surface area contributed by atoms with E-state index in [1.807, 2.05) is 0 Å². The molecule has 3 unspecified atom stereocenters. The van der Waals surface area contributed by atoms with E-state index in [2.05, 4.69) is 16.0 Å². The Morgan fingerprint density at radius 3 is 2.47 bits per heavy atom. The lowest BCUT2D eigenvalue weighted by molar-refractivity contribution is -0.219. The van der Waals surface area contributed by atoms with Gasteiger partial charge in [-0.05, 0) is 75.8 Å². The van der Waals surface area contributed by atoms with Gasteiger partial charge >= 0.3 is 0 Å². The first-order chi connectivity index (χ1) is 26.0. The van der Waals surface area contributed by atoms with Crippen molar-refractivity contribution in [2.45, 2.75) is 102 Å². The van der Waals surface area contributed by atoms with E-state index in [1.165, 1.54) is 18.2 Å². The van der Waals surface area contributed by atoms with Crippen LogP contribution < -0.4 is 20.7 Å². The fraction of sp³-hybridized carbons (Fsp3) is 0.600. The van der Waals surface area contributed by atoms with Crippen LogP contribution in [0.4, 0.5) is 4.39 Å². The first-order valence-corrected chi connectivity index (χ1v) is 19.2. The number of fused-ring (bicyclic) bond motifs is 6. The van der Waals surface area contributed by atoms with Crippen LogP contribution >= 0.6 is 0 Å². The van der Waals surface area contributed by atoms with E-state index in [0.29, 0.717) is 32.1 Å². The van der Waals surface area contributed by atoms with Crippen molar-refractivity contribution in [3.8, 4) is 5.75 Å². The number of halogens is 1. The van der Waals surface area contributed by atoms with Crippen LogP contribution in [0.25, 0.3) is 0 Å². The van der Waals surface area contributed by atoms with Crippen molar-refractivity contribution < 1.29 is 53.2 Å². The summed E-state index contributed by atoms with van der Waals surface area (Å²) in [5, 5.41) is 41.6. The average molecular weight is 765 g/mol. The summed E-state index contributed by atoms with van der Waals surface area (Å²) in [7, 11) is 0. The Morgan fingerprint density at radius 2 is 1.75 bits per heavy atom. The summed E-state index contributed by atoms with van der Waals surface area (Å²) >= 11 is 0. The highest BCUT2D eigenvalue weighted by atomic mass is 19.1. The zero-order valence-electron chi connectivity index (χ0n) is 31.2. The van der Waals surface area contributed by atoms with E-state index in [1.54, 1.807) is 39.0 Å². The molecule has 6 amide bonds. The molecule has 55 heavy (non-hydrogen) atoms. The molecule has 4 aliphatic carbocycles. The van der Waals surface area contributed by atoms with E-state index >= 15 is 4.39 Å². The molecule has 2 aliphatic heterocycles. The van der Waals surface area contributed by atoms with Gasteiger partial charge in [0.15, 0.2) is 17.9 Å². The zero-order chi connectivity index (χ0) is 39.7. The molecule has 2 heterocycles. The molecule has 4 fully saturated rings. The second kappa shape index (κ2) is 13.9. The first kappa shape index (κ1) is 38.8. The number of hydrogen-bond donors (Lipinski definition) is 6. The Morgan fingerprint density at radius 1 is 1.02 bits per heavy atom. The van der Waals surface area contributed by atoms with E-state index < -0.39 is 94.2 Å². The Bertz CT molecular complexity index is 1900. The minimum Gasteiger partial charge on any atom is -0.483 e. The molecule has 1 aromatic rings. The molecule has 0 bridgehead atoms. The monoisotopic (exact) mass is 764 g/mol. The number of alkyl halides is 1. The number of amides is 6. The molecule has 6 N–H and O–H groups in total. The molecular formula is C40H49FN4O10. The average Bonchev–Trinajstić information content (AvgIpc) is 3.51. The Labute approximate surface area is 317 Å². The maximum absolute atomic E-state index is 17.4. The van der Waals surface area contributed by atoms with Crippen molar-refractivity contribution in [1.82, 2.24) is 20.9 Å². The Balaban J connectivity index is 0.895. The lowest BCUT2D eigenvalue weighted by Crippen LogP contribution is -2.70. The van der Waals surface area contributed by atoms with Crippen LogP contribution in [0.15, 0.2) is 42.0 Å². The number of rotatable bonds is 10. The van der Waals surface area contributed by atoms with E-state index in [9.17, 15) is 44.1 Å². The number of piperidine rings is 1. The molecule has 1 aromatic carbocycles. The van der Waals surface area contributed by atoms with E-state index in [-0.39, 0.29) is 55.1 Å². The van der Waals surface area contributed by atoms with Crippen LogP contribution in [-0.4, -0.2) is 105 Å². The predicted octanol–water partition coefficient (Wildman–Crippen LogP) is 1.62. The van der Waals surface area contributed by atoms with Gasteiger partial charge in [0, 0.05) is 36.3 Å². The van der Waals surface area contributed by atoms with Crippen LogP contribution in [0.5, 0.6) is 5.75 Å². The Hall–Kier alpha value is -4.47. The fourth-order valence-corrected chi connectivity index (χ4v) is 10.8. The predicted molar refractivity (Wildman–Crippen MR) is 193 cm³/mol. The Kier molecular flexibility index (Phi) is 9.82.